The molecule has 35 heavy (non-hydrogen) atoms. The minimum Gasteiger partial charge on any atom is -0.497 e. The summed E-state index contributed by atoms with van der Waals surface area (Å²) < 4.78 is 5.19. The number of rotatable bonds is 5. The maximum absolute atomic E-state index is 13.3. The van der Waals surface area contributed by atoms with Crippen LogP contribution in [-0.2, 0) is 25.6 Å². The molecule has 1 heterocycles. The van der Waals surface area contributed by atoms with E-state index in [4.69, 9.17) is 4.74 Å². The first-order valence-electron chi connectivity index (χ1n) is 12.4. The van der Waals surface area contributed by atoms with Gasteiger partial charge in [-0.25, -0.2) is 0 Å². The summed E-state index contributed by atoms with van der Waals surface area (Å²) in [7, 11) is 3.15. The third-order valence-corrected chi connectivity index (χ3v) is 6.21. The molecule has 2 rings (SSSR count). The smallest absolute Gasteiger partial charge is 0.245 e. The van der Waals surface area contributed by atoms with Crippen LogP contribution in [0.2, 0.25) is 0 Å². The molecule has 0 saturated carbocycles. The molecular weight excluding hydrogens is 448 g/mol. The van der Waals surface area contributed by atoms with Crippen LogP contribution in [0.1, 0.15) is 52.0 Å². The normalized spacial score (nSPS) is 21.1. The predicted molar refractivity (Wildman–Crippen MR) is 134 cm³/mol. The lowest BCUT2D eigenvalue weighted by Crippen LogP contribution is -2.54. The highest BCUT2D eigenvalue weighted by molar-refractivity contribution is 5.92. The number of hydrogen-bond donors (Lipinski definition) is 2. The summed E-state index contributed by atoms with van der Waals surface area (Å²) in [5.41, 5.74) is 0.860. The lowest BCUT2D eigenvalue weighted by molar-refractivity contribution is -0.141. The molecule has 2 N–H and O–H groups in total. The zero-order valence-electron chi connectivity index (χ0n) is 21.6. The van der Waals surface area contributed by atoms with E-state index in [1.165, 1.54) is 4.90 Å². The number of ether oxygens (including phenoxy) is 1. The fourth-order valence-electron chi connectivity index (χ4n) is 3.98. The van der Waals surface area contributed by atoms with E-state index in [0.29, 0.717) is 44.6 Å². The van der Waals surface area contributed by atoms with Crippen LogP contribution in [0.25, 0.3) is 0 Å². The van der Waals surface area contributed by atoms with E-state index in [0.717, 1.165) is 5.56 Å². The van der Waals surface area contributed by atoms with Gasteiger partial charge in [-0.3, -0.25) is 19.2 Å². The Balaban J connectivity index is 2.21. The van der Waals surface area contributed by atoms with Crippen LogP contribution in [-0.4, -0.2) is 79.3 Å². The van der Waals surface area contributed by atoms with Gasteiger partial charge >= 0.3 is 0 Å². The highest BCUT2D eigenvalue weighted by atomic mass is 16.5. The zero-order chi connectivity index (χ0) is 26.0. The van der Waals surface area contributed by atoms with E-state index < -0.39 is 12.1 Å². The Morgan fingerprint density at radius 2 is 1.77 bits per heavy atom. The summed E-state index contributed by atoms with van der Waals surface area (Å²) in [6.45, 7) is 7.03. The fourth-order valence-corrected chi connectivity index (χ4v) is 3.98. The van der Waals surface area contributed by atoms with Gasteiger partial charge in [-0.2, -0.15) is 0 Å². The summed E-state index contributed by atoms with van der Waals surface area (Å²) in [5.74, 6) is 0.129. The molecule has 0 aliphatic carbocycles. The monoisotopic (exact) mass is 488 g/mol. The van der Waals surface area contributed by atoms with Gasteiger partial charge in [-0.05, 0) is 43.4 Å². The van der Waals surface area contributed by atoms with E-state index in [2.05, 4.69) is 10.6 Å². The molecule has 1 aromatic rings. The molecular formula is C26H40N4O5. The molecule has 1 fully saturated rings. The number of methoxy groups -OCH3 is 1. The Labute approximate surface area is 208 Å². The van der Waals surface area contributed by atoms with Gasteiger partial charge in [0.1, 0.15) is 17.8 Å². The van der Waals surface area contributed by atoms with Crippen molar-refractivity contribution in [2.75, 3.05) is 33.8 Å². The molecule has 0 unspecified atom stereocenters. The van der Waals surface area contributed by atoms with Crippen LogP contribution >= 0.6 is 0 Å². The van der Waals surface area contributed by atoms with Crippen molar-refractivity contribution in [3.63, 3.8) is 0 Å². The third kappa shape index (κ3) is 8.88. The maximum atomic E-state index is 13.3. The predicted octanol–water partition coefficient (Wildman–Crippen LogP) is 1.74. The minimum atomic E-state index is -0.819. The lowest BCUT2D eigenvalue weighted by Gasteiger charge is -2.29. The molecule has 0 spiro atoms. The molecule has 0 aromatic heterocycles. The van der Waals surface area contributed by atoms with Gasteiger partial charge in [0.2, 0.25) is 23.6 Å². The summed E-state index contributed by atoms with van der Waals surface area (Å²) >= 11 is 0. The van der Waals surface area contributed by atoms with Crippen molar-refractivity contribution in [2.24, 2.45) is 5.92 Å². The number of likely N-dealkylation sites (N-methyl/N-ethyl adjacent to an activating group) is 1. The molecule has 2 atom stereocenters. The van der Waals surface area contributed by atoms with Crippen LogP contribution < -0.4 is 15.4 Å². The van der Waals surface area contributed by atoms with Crippen molar-refractivity contribution in [3.05, 3.63) is 29.8 Å². The standard InChI is InChI=1S/C26H40N4O5/c1-18(2)16-24(32)30-14-6-8-23(31)28-22(17-20-9-11-21(35-5)12-10-20)26(34)29(4)19(3)25(33)27-13-7-15-30/h9-12,18-19,22H,6-8,13-17H2,1-5H3,(H,27,33)(H,28,31)/t19-,22-/m0/s1. The van der Waals surface area contributed by atoms with Gasteiger partial charge in [-0.15, -0.1) is 0 Å². The van der Waals surface area contributed by atoms with Gasteiger partial charge in [-0.1, -0.05) is 26.0 Å². The summed E-state index contributed by atoms with van der Waals surface area (Å²) in [4.78, 5) is 54.6. The van der Waals surface area contributed by atoms with Gasteiger partial charge in [0, 0.05) is 45.9 Å². The second-order valence-corrected chi connectivity index (χ2v) is 9.52. The number of carbonyl (C=O) groups is 4. The van der Waals surface area contributed by atoms with Crippen molar-refractivity contribution in [2.45, 2.75) is 65.0 Å². The largest absolute Gasteiger partial charge is 0.497 e. The van der Waals surface area contributed by atoms with E-state index in [9.17, 15) is 19.2 Å². The number of nitrogens with one attached hydrogen (secondary N) is 2. The average Bonchev–Trinajstić information content (AvgIpc) is 2.83. The Morgan fingerprint density at radius 1 is 1.11 bits per heavy atom. The summed E-state index contributed by atoms with van der Waals surface area (Å²) in [5, 5.41) is 5.73. The Morgan fingerprint density at radius 3 is 2.40 bits per heavy atom. The molecule has 1 saturated heterocycles. The second kappa shape index (κ2) is 13.7. The maximum Gasteiger partial charge on any atom is 0.245 e. The van der Waals surface area contributed by atoms with Crippen molar-refractivity contribution in [1.82, 2.24) is 20.4 Å². The van der Waals surface area contributed by atoms with Gasteiger partial charge in [0.25, 0.3) is 0 Å². The Bertz CT molecular complexity index is 871. The first kappa shape index (κ1) is 28.1. The van der Waals surface area contributed by atoms with Gasteiger partial charge < -0.3 is 25.2 Å². The van der Waals surface area contributed by atoms with E-state index in [1.807, 2.05) is 26.0 Å². The molecule has 1 aromatic carbocycles. The quantitative estimate of drug-likeness (QED) is 0.657. The number of benzene rings is 1. The molecule has 1 aliphatic heterocycles. The topological polar surface area (TPSA) is 108 Å². The molecule has 194 valence electrons. The highest BCUT2D eigenvalue weighted by Gasteiger charge is 2.30. The zero-order valence-corrected chi connectivity index (χ0v) is 21.6. The lowest BCUT2D eigenvalue weighted by atomic mass is 10.0. The SMILES string of the molecule is COc1ccc(C[C@@H]2NC(=O)CCCN(C(=O)CC(C)C)CCCNC(=O)[C@H](C)N(C)C2=O)cc1. The third-order valence-electron chi connectivity index (χ3n) is 6.21. The van der Waals surface area contributed by atoms with Crippen LogP contribution in [0.5, 0.6) is 5.75 Å². The van der Waals surface area contributed by atoms with Gasteiger partial charge in [0.05, 0.1) is 7.11 Å². The number of carbonyl (C=O) groups excluding carboxylic acids is 4. The number of nitrogens with zero attached hydrogens (tertiary/aromatic N) is 2. The summed E-state index contributed by atoms with van der Waals surface area (Å²) in [6.07, 6.45) is 2.03. The molecule has 9 heteroatoms. The number of hydrogen-bond acceptors (Lipinski definition) is 5. The molecule has 0 radical (unpaired) electrons. The van der Waals surface area contributed by atoms with Crippen LogP contribution in [0, 0.1) is 5.92 Å². The van der Waals surface area contributed by atoms with E-state index >= 15 is 0 Å². The van der Waals surface area contributed by atoms with Crippen LogP contribution in [0.3, 0.4) is 0 Å². The van der Waals surface area contributed by atoms with Gasteiger partial charge in [0.15, 0.2) is 0 Å². The van der Waals surface area contributed by atoms with E-state index in [-0.39, 0.29) is 42.4 Å². The van der Waals surface area contributed by atoms with Crippen molar-refractivity contribution >= 4 is 23.6 Å². The van der Waals surface area contributed by atoms with Crippen LogP contribution in [0.15, 0.2) is 24.3 Å². The van der Waals surface area contributed by atoms with Crippen molar-refractivity contribution in [1.29, 1.82) is 0 Å². The first-order chi connectivity index (χ1) is 16.6. The molecule has 9 nitrogen and oxygen atoms in total. The van der Waals surface area contributed by atoms with E-state index in [1.54, 1.807) is 38.1 Å². The molecule has 0 bridgehead atoms. The average molecular weight is 489 g/mol. The Kier molecular flexibility index (Phi) is 11.0. The highest BCUT2D eigenvalue weighted by Crippen LogP contribution is 2.15. The van der Waals surface area contributed by atoms with Crippen LogP contribution in [0.4, 0.5) is 0 Å². The number of amides is 4. The second-order valence-electron chi connectivity index (χ2n) is 9.52. The molecule has 1 aliphatic rings. The summed E-state index contributed by atoms with van der Waals surface area (Å²) in [6, 6.07) is 5.78. The first-order valence-corrected chi connectivity index (χ1v) is 12.4. The Hall–Kier alpha value is -3.10. The van der Waals surface area contributed by atoms with Crippen molar-refractivity contribution in [3.8, 4) is 5.75 Å². The fraction of sp³-hybridized carbons (Fsp3) is 0.615. The molecule has 4 amide bonds. The van der Waals surface area contributed by atoms with Crippen molar-refractivity contribution < 1.29 is 23.9 Å². The minimum absolute atomic E-state index is 0.0525.